The van der Waals surface area contributed by atoms with Crippen molar-refractivity contribution in [3.8, 4) is 5.75 Å². The van der Waals surface area contributed by atoms with Gasteiger partial charge in [0.05, 0.1) is 41.1 Å². The Morgan fingerprint density at radius 3 is 2.61 bits per heavy atom. The number of rotatable bonds is 6. The van der Waals surface area contributed by atoms with Gasteiger partial charge in [0, 0.05) is 44.9 Å². The molecular weight excluding hydrogens is 480 g/mol. The number of likely N-dealkylation sites (tertiary alicyclic amines) is 1. The summed E-state index contributed by atoms with van der Waals surface area (Å²) in [5.41, 5.74) is 4.34. The third kappa shape index (κ3) is 4.65. The molecular formula is C29H34N6O3. The number of pyridine rings is 1. The van der Waals surface area contributed by atoms with E-state index in [4.69, 9.17) is 4.74 Å². The van der Waals surface area contributed by atoms with E-state index in [-0.39, 0.29) is 11.8 Å². The predicted molar refractivity (Wildman–Crippen MR) is 150 cm³/mol. The van der Waals surface area contributed by atoms with Crippen molar-refractivity contribution in [3.05, 3.63) is 65.9 Å². The van der Waals surface area contributed by atoms with Crippen molar-refractivity contribution in [1.82, 2.24) is 14.8 Å². The maximum Gasteiger partial charge on any atom is 0.260 e. The Kier molecular flexibility index (Phi) is 6.94. The minimum absolute atomic E-state index is 0.0120. The average Bonchev–Trinajstić information content (AvgIpc) is 3.41. The molecule has 0 unspecified atom stereocenters. The number of nitrogens with zero attached hydrogens (tertiary/aromatic N) is 5. The lowest BCUT2D eigenvalue weighted by Crippen LogP contribution is -2.34. The summed E-state index contributed by atoms with van der Waals surface area (Å²) < 4.78 is 5.92. The fourth-order valence-corrected chi connectivity index (χ4v) is 5.10. The monoisotopic (exact) mass is 514 g/mol. The van der Waals surface area contributed by atoms with Crippen molar-refractivity contribution in [3.63, 3.8) is 0 Å². The molecule has 1 aromatic heterocycles. The highest BCUT2D eigenvalue weighted by Gasteiger charge is 2.29. The highest BCUT2D eigenvalue weighted by Crippen LogP contribution is 2.40. The number of fused-ring (bicyclic) bond motifs is 2. The maximum absolute atomic E-state index is 13.2. The molecule has 2 aliphatic heterocycles. The first-order valence-electron chi connectivity index (χ1n) is 12.9. The Morgan fingerprint density at radius 2 is 1.87 bits per heavy atom. The van der Waals surface area contributed by atoms with Crippen molar-refractivity contribution in [2.24, 2.45) is 0 Å². The summed E-state index contributed by atoms with van der Waals surface area (Å²) in [4.78, 5) is 38.6. The zero-order chi connectivity index (χ0) is 27.0. The molecule has 9 nitrogen and oxygen atoms in total. The Morgan fingerprint density at radius 1 is 1.08 bits per heavy atom. The van der Waals surface area contributed by atoms with Crippen molar-refractivity contribution in [2.75, 3.05) is 63.0 Å². The van der Waals surface area contributed by atoms with Gasteiger partial charge in [0.1, 0.15) is 11.6 Å². The van der Waals surface area contributed by atoms with Crippen LogP contribution in [-0.2, 0) is 0 Å². The topological polar surface area (TPSA) is 81.2 Å². The molecule has 3 heterocycles. The number of carbonyl (C=O) groups excluding carboxylic acids is 2. The fraction of sp³-hybridized carbons (Fsp3) is 0.345. The first-order chi connectivity index (χ1) is 18.3. The van der Waals surface area contributed by atoms with Gasteiger partial charge in [-0.1, -0.05) is 12.1 Å². The summed E-state index contributed by atoms with van der Waals surface area (Å²) in [6, 6.07) is 15.4. The number of anilines is 5. The molecule has 0 spiro atoms. The van der Waals surface area contributed by atoms with Crippen LogP contribution in [0.1, 0.15) is 34.1 Å². The molecule has 1 atom stereocenters. The van der Waals surface area contributed by atoms with Crippen LogP contribution in [-0.4, -0.2) is 80.5 Å². The largest absolute Gasteiger partial charge is 0.492 e. The molecule has 1 N–H and O–H groups in total. The Hall–Kier alpha value is -4.11. The molecule has 5 rings (SSSR count). The second kappa shape index (κ2) is 10.3. The van der Waals surface area contributed by atoms with Gasteiger partial charge in [-0.3, -0.25) is 9.59 Å². The average molecular weight is 515 g/mol. The SMILES string of the molecule is CCOc1cc(C(=O)N2CC[C@H](N(C)C)C2)ccc1Nc1cc2c(cn1)N(C)C(=O)c1ccccc1N2C. The third-order valence-electron chi connectivity index (χ3n) is 7.36. The van der Waals surface area contributed by atoms with E-state index in [0.29, 0.717) is 46.7 Å². The Balaban J connectivity index is 1.43. The van der Waals surface area contributed by atoms with Crippen molar-refractivity contribution in [1.29, 1.82) is 0 Å². The third-order valence-corrected chi connectivity index (χ3v) is 7.36. The molecule has 198 valence electrons. The minimum Gasteiger partial charge on any atom is -0.492 e. The second-order valence-corrected chi connectivity index (χ2v) is 9.92. The van der Waals surface area contributed by atoms with Crippen LogP contribution < -0.4 is 19.9 Å². The van der Waals surface area contributed by atoms with E-state index < -0.39 is 0 Å². The number of hydrogen-bond donors (Lipinski definition) is 1. The van der Waals surface area contributed by atoms with Crippen LogP contribution in [0.4, 0.5) is 28.6 Å². The summed E-state index contributed by atoms with van der Waals surface area (Å²) in [5.74, 6) is 1.12. The normalized spacial score (nSPS) is 16.8. The molecule has 9 heteroatoms. The quantitative estimate of drug-likeness (QED) is 0.524. The maximum atomic E-state index is 13.2. The number of nitrogens with one attached hydrogen (secondary N) is 1. The Labute approximate surface area is 223 Å². The van der Waals surface area contributed by atoms with Gasteiger partial charge in [0.15, 0.2) is 0 Å². The number of aromatic nitrogens is 1. The van der Waals surface area contributed by atoms with Crippen LogP contribution in [0.5, 0.6) is 5.75 Å². The molecule has 3 aromatic rings. The van der Waals surface area contributed by atoms with Crippen molar-refractivity contribution >= 4 is 40.4 Å². The lowest BCUT2D eigenvalue weighted by Gasteiger charge is -2.23. The molecule has 2 aromatic carbocycles. The summed E-state index contributed by atoms with van der Waals surface area (Å²) >= 11 is 0. The molecule has 1 saturated heterocycles. The van der Waals surface area contributed by atoms with Gasteiger partial charge in [-0.15, -0.1) is 0 Å². The zero-order valence-corrected chi connectivity index (χ0v) is 22.6. The van der Waals surface area contributed by atoms with E-state index in [9.17, 15) is 9.59 Å². The molecule has 2 amide bonds. The van der Waals surface area contributed by atoms with Gasteiger partial charge in [-0.25, -0.2) is 4.98 Å². The molecule has 2 aliphatic rings. The van der Waals surface area contributed by atoms with Gasteiger partial charge < -0.3 is 29.7 Å². The van der Waals surface area contributed by atoms with E-state index in [1.165, 1.54) is 0 Å². The van der Waals surface area contributed by atoms with E-state index >= 15 is 0 Å². The van der Waals surface area contributed by atoms with Crippen molar-refractivity contribution < 1.29 is 14.3 Å². The lowest BCUT2D eigenvalue weighted by atomic mass is 10.1. The number of benzene rings is 2. The summed E-state index contributed by atoms with van der Waals surface area (Å²) in [6.45, 7) is 3.85. The highest BCUT2D eigenvalue weighted by atomic mass is 16.5. The zero-order valence-electron chi connectivity index (χ0n) is 22.6. The van der Waals surface area contributed by atoms with Crippen LogP contribution in [0.15, 0.2) is 54.7 Å². The van der Waals surface area contributed by atoms with Gasteiger partial charge >= 0.3 is 0 Å². The first-order valence-corrected chi connectivity index (χ1v) is 12.9. The number of hydrogen-bond acceptors (Lipinski definition) is 7. The van der Waals surface area contributed by atoms with Gasteiger partial charge in [-0.05, 0) is 57.8 Å². The fourth-order valence-electron chi connectivity index (χ4n) is 5.10. The lowest BCUT2D eigenvalue weighted by molar-refractivity contribution is 0.0782. The number of carbonyl (C=O) groups is 2. The smallest absolute Gasteiger partial charge is 0.260 e. The van der Waals surface area contributed by atoms with Crippen LogP contribution in [0.3, 0.4) is 0 Å². The predicted octanol–water partition coefficient (Wildman–Crippen LogP) is 4.36. The minimum atomic E-state index is -0.0810. The molecule has 38 heavy (non-hydrogen) atoms. The van der Waals surface area contributed by atoms with E-state index in [1.807, 2.05) is 66.2 Å². The van der Waals surface area contributed by atoms with Gasteiger partial charge in [0.2, 0.25) is 0 Å². The molecule has 0 radical (unpaired) electrons. The summed E-state index contributed by atoms with van der Waals surface area (Å²) in [6.07, 6.45) is 2.67. The number of para-hydroxylation sites is 1. The van der Waals surface area contributed by atoms with Crippen molar-refractivity contribution in [2.45, 2.75) is 19.4 Å². The standard InChI is InChI=1S/C29H34N6O3/c1-6-38-26-15-19(28(36)35-14-13-20(18-35)32(2)3)11-12-22(26)31-27-16-24-25(17-30-27)34(5)29(37)21-9-7-8-10-23(21)33(24)4/h7-12,15-17,20H,6,13-14,18H2,1-5H3,(H,30,31)/t20-/m0/s1. The Bertz CT molecular complexity index is 1370. The number of ether oxygens (including phenoxy) is 1. The van der Waals surface area contributed by atoms with Gasteiger partial charge in [-0.2, -0.15) is 0 Å². The van der Waals surface area contributed by atoms with E-state index in [1.54, 1.807) is 24.2 Å². The van der Waals surface area contributed by atoms with Crippen LogP contribution in [0.2, 0.25) is 0 Å². The summed E-state index contributed by atoms with van der Waals surface area (Å²) in [7, 11) is 7.81. The highest BCUT2D eigenvalue weighted by molar-refractivity contribution is 6.13. The second-order valence-electron chi connectivity index (χ2n) is 9.92. The van der Waals surface area contributed by atoms with Crippen LogP contribution in [0, 0.1) is 0 Å². The molecule has 0 saturated carbocycles. The number of amides is 2. The van der Waals surface area contributed by atoms with E-state index in [2.05, 4.69) is 29.3 Å². The number of likely N-dealkylation sites (N-methyl/N-ethyl adjacent to an activating group) is 1. The van der Waals surface area contributed by atoms with Crippen LogP contribution >= 0.6 is 0 Å². The molecule has 0 aliphatic carbocycles. The summed E-state index contributed by atoms with van der Waals surface area (Å²) in [5, 5.41) is 3.36. The molecule has 1 fully saturated rings. The van der Waals surface area contributed by atoms with Gasteiger partial charge in [0.25, 0.3) is 11.8 Å². The van der Waals surface area contributed by atoms with Crippen LogP contribution in [0.25, 0.3) is 0 Å². The molecule has 0 bridgehead atoms. The van der Waals surface area contributed by atoms with E-state index in [0.717, 1.165) is 30.9 Å². The first kappa shape index (κ1) is 25.5.